The predicted molar refractivity (Wildman–Crippen MR) is 107 cm³/mol. The summed E-state index contributed by atoms with van der Waals surface area (Å²) in [6.07, 6.45) is 1.11. The number of nitro groups is 1. The summed E-state index contributed by atoms with van der Waals surface area (Å²) in [5.74, 6) is -0.880. The standard InChI is InChI=1S/C18H18BrN3O5S/c19-14-6-8-17(9-7-14)28(26,27)21-10-2-3-13(12-21)18(23)20-15-4-1-5-16(11-15)22(24)25/h1,4-9,11,13H,2-3,10,12H2,(H,20,23)/t13-/m1/s1. The summed E-state index contributed by atoms with van der Waals surface area (Å²) in [7, 11) is -3.69. The van der Waals surface area contributed by atoms with Crippen LogP contribution in [0.25, 0.3) is 0 Å². The number of sulfonamides is 1. The maximum absolute atomic E-state index is 12.8. The van der Waals surface area contributed by atoms with Gasteiger partial charge in [0.1, 0.15) is 0 Å². The number of carbonyl (C=O) groups excluding carboxylic acids is 1. The number of anilines is 1. The SMILES string of the molecule is O=C(Nc1cccc([N+](=O)[O-])c1)[C@@H]1CCCN(S(=O)(=O)c2ccc(Br)cc2)C1. The van der Waals surface area contributed by atoms with Crippen molar-refractivity contribution >= 4 is 43.2 Å². The zero-order chi connectivity index (χ0) is 20.3. The third kappa shape index (κ3) is 4.57. The Balaban J connectivity index is 1.72. The van der Waals surface area contributed by atoms with E-state index < -0.39 is 20.9 Å². The van der Waals surface area contributed by atoms with Crippen LogP contribution in [0.3, 0.4) is 0 Å². The highest BCUT2D eigenvalue weighted by molar-refractivity contribution is 9.10. The minimum Gasteiger partial charge on any atom is -0.326 e. The Morgan fingerprint density at radius 3 is 2.61 bits per heavy atom. The van der Waals surface area contributed by atoms with Crippen LogP contribution in [0.5, 0.6) is 0 Å². The summed E-state index contributed by atoms with van der Waals surface area (Å²) in [6, 6.07) is 12.0. The molecule has 1 atom stereocenters. The van der Waals surface area contributed by atoms with Gasteiger partial charge in [0.05, 0.1) is 15.7 Å². The summed E-state index contributed by atoms with van der Waals surface area (Å²) < 4.78 is 27.8. The Labute approximate surface area is 170 Å². The predicted octanol–water partition coefficient (Wildman–Crippen LogP) is 3.40. The van der Waals surface area contributed by atoms with Gasteiger partial charge in [-0.1, -0.05) is 22.0 Å². The highest BCUT2D eigenvalue weighted by Gasteiger charge is 2.33. The van der Waals surface area contributed by atoms with Gasteiger partial charge < -0.3 is 5.32 Å². The van der Waals surface area contributed by atoms with Crippen molar-refractivity contribution in [3.8, 4) is 0 Å². The van der Waals surface area contributed by atoms with Crippen molar-refractivity contribution in [3.63, 3.8) is 0 Å². The van der Waals surface area contributed by atoms with E-state index in [2.05, 4.69) is 21.2 Å². The van der Waals surface area contributed by atoms with Crippen LogP contribution in [0, 0.1) is 16.0 Å². The number of nitrogens with one attached hydrogen (secondary N) is 1. The van der Waals surface area contributed by atoms with Gasteiger partial charge in [0.25, 0.3) is 5.69 Å². The average Bonchev–Trinajstić information content (AvgIpc) is 2.68. The molecule has 0 bridgehead atoms. The molecule has 1 fully saturated rings. The number of hydrogen-bond donors (Lipinski definition) is 1. The normalized spacial score (nSPS) is 17.8. The number of hydrogen-bond acceptors (Lipinski definition) is 5. The Hall–Kier alpha value is -2.30. The first kappa shape index (κ1) is 20.4. The fourth-order valence-electron chi connectivity index (χ4n) is 3.07. The molecular formula is C18H18BrN3O5S. The van der Waals surface area contributed by atoms with Crippen LogP contribution >= 0.6 is 15.9 Å². The summed E-state index contributed by atoms with van der Waals surface area (Å²) in [5.41, 5.74) is 0.188. The third-order valence-corrected chi connectivity index (χ3v) is 6.94. The van der Waals surface area contributed by atoms with Gasteiger partial charge in [-0.05, 0) is 43.2 Å². The maximum Gasteiger partial charge on any atom is 0.271 e. The molecule has 8 nitrogen and oxygen atoms in total. The number of carbonyl (C=O) groups is 1. The van der Waals surface area contributed by atoms with E-state index in [1.807, 2.05) is 0 Å². The number of non-ortho nitro benzene ring substituents is 1. The molecule has 148 valence electrons. The van der Waals surface area contributed by atoms with Gasteiger partial charge in [-0.25, -0.2) is 8.42 Å². The third-order valence-electron chi connectivity index (χ3n) is 4.53. The number of nitrogens with zero attached hydrogens (tertiary/aromatic N) is 2. The Bertz CT molecular complexity index is 995. The van der Waals surface area contributed by atoms with Crippen molar-refractivity contribution in [2.45, 2.75) is 17.7 Å². The zero-order valence-corrected chi connectivity index (χ0v) is 17.1. The molecule has 10 heteroatoms. The molecule has 1 aliphatic rings. The highest BCUT2D eigenvalue weighted by Crippen LogP contribution is 2.26. The molecule has 1 amide bonds. The van der Waals surface area contributed by atoms with Crippen molar-refractivity contribution < 1.29 is 18.1 Å². The average molecular weight is 468 g/mol. The fourth-order valence-corrected chi connectivity index (χ4v) is 4.86. The largest absolute Gasteiger partial charge is 0.326 e. The van der Waals surface area contributed by atoms with E-state index in [1.165, 1.54) is 34.6 Å². The number of nitro benzene ring substituents is 1. The van der Waals surface area contributed by atoms with Crippen LogP contribution in [0.2, 0.25) is 0 Å². The van der Waals surface area contributed by atoms with E-state index in [4.69, 9.17) is 0 Å². The minimum atomic E-state index is -3.69. The molecule has 28 heavy (non-hydrogen) atoms. The van der Waals surface area contributed by atoms with Crippen LogP contribution < -0.4 is 5.32 Å². The number of benzene rings is 2. The quantitative estimate of drug-likeness (QED) is 0.535. The molecule has 0 unspecified atom stereocenters. The van der Waals surface area contributed by atoms with Gasteiger partial charge in [0.15, 0.2) is 0 Å². The molecule has 1 aliphatic heterocycles. The second-order valence-electron chi connectivity index (χ2n) is 6.45. The molecule has 2 aromatic carbocycles. The molecule has 1 saturated heterocycles. The van der Waals surface area contributed by atoms with Gasteiger partial charge in [-0.3, -0.25) is 14.9 Å². The van der Waals surface area contributed by atoms with Gasteiger partial charge in [-0.15, -0.1) is 0 Å². The number of halogens is 1. The summed E-state index contributed by atoms with van der Waals surface area (Å²) in [5, 5.41) is 13.5. The summed E-state index contributed by atoms with van der Waals surface area (Å²) in [6.45, 7) is 0.415. The van der Waals surface area contributed by atoms with Crippen LogP contribution in [0.15, 0.2) is 57.9 Å². The molecule has 0 saturated carbocycles. The van der Waals surface area contributed by atoms with Gasteiger partial charge in [0.2, 0.25) is 15.9 Å². The van der Waals surface area contributed by atoms with Gasteiger partial charge in [-0.2, -0.15) is 4.31 Å². The lowest BCUT2D eigenvalue weighted by Gasteiger charge is -2.31. The molecule has 3 rings (SSSR count). The topological polar surface area (TPSA) is 110 Å². The first-order valence-electron chi connectivity index (χ1n) is 8.58. The molecule has 2 aromatic rings. The maximum atomic E-state index is 12.8. The Kier molecular flexibility index (Phi) is 6.11. The smallest absolute Gasteiger partial charge is 0.271 e. The molecule has 1 heterocycles. The van der Waals surface area contributed by atoms with Crippen molar-refractivity contribution in [1.82, 2.24) is 4.31 Å². The Morgan fingerprint density at radius 1 is 1.21 bits per heavy atom. The van der Waals surface area contributed by atoms with Crippen LogP contribution in [0.1, 0.15) is 12.8 Å². The van der Waals surface area contributed by atoms with Crippen LogP contribution in [-0.2, 0) is 14.8 Å². The van der Waals surface area contributed by atoms with Crippen LogP contribution in [-0.4, -0.2) is 36.6 Å². The molecule has 0 aliphatic carbocycles. The zero-order valence-electron chi connectivity index (χ0n) is 14.7. The molecule has 0 aromatic heterocycles. The second-order valence-corrected chi connectivity index (χ2v) is 9.31. The molecular weight excluding hydrogens is 450 g/mol. The van der Waals surface area contributed by atoms with Crippen molar-refractivity contribution in [2.75, 3.05) is 18.4 Å². The molecule has 0 spiro atoms. The minimum absolute atomic E-state index is 0.0686. The fraction of sp³-hybridized carbons (Fsp3) is 0.278. The van der Waals surface area contributed by atoms with E-state index in [1.54, 1.807) is 18.2 Å². The van der Waals surface area contributed by atoms with E-state index in [9.17, 15) is 23.3 Å². The molecule has 1 N–H and O–H groups in total. The number of piperidine rings is 1. The second kappa shape index (κ2) is 8.38. The van der Waals surface area contributed by atoms with E-state index in [-0.39, 0.29) is 23.0 Å². The monoisotopic (exact) mass is 467 g/mol. The van der Waals surface area contributed by atoms with E-state index in [0.29, 0.717) is 25.1 Å². The van der Waals surface area contributed by atoms with E-state index >= 15 is 0 Å². The van der Waals surface area contributed by atoms with E-state index in [0.717, 1.165) is 4.47 Å². The lowest BCUT2D eigenvalue weighted by Crippen LogP contribution is -2.43. The number of amides is 1. The van der Waals surface area contributed by atoms with Crippen molar-refractivity contribution in [3.05, 3.63) is 63.1 Å². The first-order chi connectivity index (χ1) is 13.3. The van der Waals surface area contributed by atoms with Gasteiger partial charge in [0, 0.05) is 35.4 Å². The highest BCUT2D eigenvalue weighted by atomic mass is 79.9. The Morgan fingerprint density at radius 2 is 1.93 bits per heavy atom. The summed E-state index contributed by atoms with van der Waals surface area (Å²) >= 11 is 3.28. The lowest BCUT2D eigenvalue weighted by atomic mass is 9.98. The van der Waals surface area contributed by atoms with Gasteiger partial charge >= 0.3 is 0 Å². The first-order valence-corrected chi connectivity index (χ1v) is 10.8. The number of rotatable bonds is 5. The van der Waals surface area contributed by atoms with Crippen molar-refractivity contribution in [1.29, 1.82) is 0 Å². The summed E-state index contributed by atoms with van der Waals surface area (Å²) in [4.78, 5) is 23.1. The van der Waals surface area contributed by atoms with Crippen molar-refractivity contribution in [2.24, 2.45) is 5.92 Å². The molecule has 0 radical (unpaired) electrons. The lowest BCUT2D eigenvalue weighted by molar-refractivity contribution is -0.384. The van der Waals surface area contributed by atoms with Crippen LogP contribution in [0.4, 0.5) is 11.4 Å².